The quantitative estimate of drug-likeness (QED) is 0.230. The van der Waals surface area contributed by atoms with E-state index in [9.17, 15) is 9.59 Å². The van der Waals surface area contributed by atoms with Gasteiger partial charge in [-0.1, -0.05) is 47.5 Å². The highest BCUT2D eigenvalue weighted by molar-refractivity contribution is 6.35. The number of carbonyl (C=O) groups is 2. The molecule has 3 rings (SSSR count). The third kappa shape index (κ3) is 7.90. The molecule has 0 saturated carbocycles. The van der Waals surface area contributed by atoms with E-state index in [-0.39, 0.29) is 13.2 Å². The fourth-order valence-corrected chi connectivity index (χ4v) is 3.60. The molecule has 0 spiro atoms. The number of ether oxygens (including phenoxy) is 3. The number of halogens is 2. The van der Waals surface area contributed by atoms with E-state index in [4.69, 9.17) is 37.4 Å². The third-order valence-corrected chi connectivity index (χ3v) is 5.59. The Morgan fingerprint density at radius 2 is 1.75 bits per heavy atom. The summed E-state index contributed by atoms with van der Waals surface area (Å²) in [7, 11) is 3.11. The molecule has 2 amide bonds. The molecule has 0 aliphatic heterocycles. The largest absolute Gasteiger partial charge is 0.493 e. The van der Waals surface area contributed by atoms with Crippen molar-refractivity contribution in [2.24, 2.45) is 5.10 Å². The molecule has 0 unspecified atom stereocenters. The lowest BCUT2D eigenvalue weighted by atomic mass is 10.1. The molecule has 3 aromatic rings. The van der Waals surface area contributed by atoms with Crippen LogP contribution in [-0.4, -0.2) is 38.8 Å². The van der Waals surface area contributed by atoms with Gasteiger partial charge in [-0.05, 0) is 53.9 Å². The van der Waals surface area contributed by atoms with Crippen LogP contribution in [0.2, 0.25) is 10.0 Å². The molecule has 8 nitrogen and oxygen atoms in total. The molecule has 0 bridgehead atoms. The van der Waals surface area contributed by atoms with E-state index in [2.05, 4.69) is 15.8 Å². The van der Waals surface area contributed by atoms with Crippen molar-refractivity contribution >= 4 is 41.2 Å². The average Bonchev–Trinajstić information content (AvgIpc) is 2.88. The molecule has 0 saturated heterocycles. The van der Waals surface area contributed by atoms with Crippen molar-refractivity contribution in [3.8, 4) is 17.2 Å². The minimum absolute atomic E-state index is 0.261. The van der Waals surface area contributed by atoms with Crippen molar-refractivity contribution in [1.82, 2.24) is 10.7 Å². The van der Waals surface area contributed by atoms with Gasteiger partial charge >= 0.3 is 11.8 Å². The highest BCUT2D eigenvalue weighted by atomic mass is 35.5. The monoisotopic (exact) mass is 529 g/mol. The number of nitrogens with zero attached hydrogens (tertiary/aromatic N) is 1. The predicted octanol–water partition coefficient (Wildman–Crippen LogP) is 4.40. The van der Waals surface area contributed by atoms with Gasteiger partial charge in [0.15, 0.2) is 11.5 Å². The molecule has 0 atom stereocenters. The highest BCUT2D eigenvalue weighted by Gasteiger charge is 2.12. The zero-order chi connectivity index (χ0) is 25.9. The lowest BCUT2D eigenvalue weighted by Gasteiger charge is -2.10. The summed E-state index contributed by atoms with van der Waals surface area (Å²) in [5, 5.41) is 7.48. The molecule has 0 aliphatic rings. The molecule has 10 heteroatoms. The Morgan fingerprint density at radius 3 is 2.50 bits per heavy atom. The van der Waals surface area contributed by atoms with Crippen LogP contribution in [0, 0.1) is 0 Å². The number of nitrogens with one attached hydrogen (secondary N) is 2. The summed E-state index contributed by atoms with van der Waals surface area (Å²) in [6.45, 7) is 0.527. The molecule has 36 heavy (non-hydrogen) atoms. The molecule has 0 fully saturated rings. The smallest absolute Gasteiger partial charge is 0.329 e. The molecular formula is C26H25Cl2N3O5. The topological polar surface area (TPSA) is 98.2 Å². The van der Waals surface area contributed by atoms with Crippen LogP contribution in [0.15, 0.2) is 65.8 Å². The van der Waals surface area contributed by atoms with Gasteiger partial charge in [0.05, 0.1) is 20.4 Å². The van der Waals surface area contributed by atoms with Crippen molar-refractivity contribution in [2.45, 2.75) is 13.0 Å². The van der Waals surface area contributed by atoms with Crippen LogP contribution in [0.4, 0.5) is 0 Å². The zero-order valence-electron chi connectivity index (χ0n) is 19.7. The Hall–Kier alpha value is -3.75. The van der Waals surface area contributed by atoms with Gasteiger partial charge in [0, 0.05) is 22.2 Å². The highest BCUT2D eigenvalue weighted by Crippen LogP contribution is 2.27. The van der Waals surface area contributed by atoms with E-state index in [0.717, 1.165) is 11.1 Å². The SMILES string of the molecule is COc1ccc(CCNC(=O)C(=O)N/N=C\c2cccc(OCc3ccc(Cl)cc3Cl)c2)cc1OC. The maximum Gasteiger partial charge on any atom is 0.329 e. The summed E-state index contributed by atoms with van der Waals surface area (Å²) >= 11 is 12.1. The Morgan fingerprint density at radius 1 is 0.944 bits per heavy atom. The van der Waals surface area contributed by atoms with E-state index in [1.165, 1.54) is 6.21 Å². The Kier molecular flexibility index (Phi) is 9.97. The summed E-state index contributed by atoms with van der Waals surface area (Å²) < 4.78 is 16.2. The second kappa shape index (κ2) is 13.4. The van der Waals surface area contributed by atoms with E-state index in [1.807, 2.05) is 12.1 Å². The summed E-state index contributed by atoms with van der Waals surface area (Å²) in [5.74, 6) is 0.138. The van der Waals surface area contributed by atoms with Gasteiger partial charge in [-0.2, -0.15) is 5.10 Å². The van der Waals surface area contributed by atoms with Crippen LogP contribution in [0.3, 0.4) is 0 Å². The number of amides is 2. The number of rotatable bonds is 10. The van der Waals surface area contributed by atoms with Gasteiger partial charge in [-0.15, -0.1) is 0 Å². The molecule has 2 N–H and O–H groups in total. The van der Waals surface area contributed by atoms with Gasteiger partial charge in [-0.25, -0.2) is 5.43 Å². The maximum absolute atomic E-state index is 12.0. The van der Waals surface area contributed by atoms with Crippen LogP contribution in [0.1, 0.15) is 16.7 Å². The number of carbonyl (C=O) groups excluding carboxylic acids is 2. The van der Waals surface area contributed by atoms with Crippen LogP contribution in [0.5, 0.6) is 17.2 Å². The van der Waals surface area contributed by atoms with Crippen molar-refractivity contribution in [2.75, 3.05) is 20.8 Å². The third-order valence-electron chi connectivity index (χ3n) is 5.00. The molecular weight excluding hydrogens is 505 g/mol. The van der Waals surface area contributed by atoms with Crippen LogP contribution in [-0.2, 0) is 22.6 Å². The molecule has 0 heterocycles. The van der Waals surface area contributed by atoms with E-state index in [1.54, 1.807) is 62.8 Å². The number of benzene rings is 3. The second-order valence-electron chi connectivity index (χ2n) is 7.49. The van der Waals surface area contributed by atoms with E-state index >= 15 is 0 Å². The van der Waals surface area contributed by atoms with Gasteiger partial charge in [0.25, 0.3) is 0 Å². The number of hydrogen-bond donors (Lipinski definition) is 2. The van der Waals surface area contributed by atoms with Crippen molar-refractivity contribution in [3.05, 3.63) is 87.4 Å². The van der Waals surface area contributed by atoms with E-state index < -0.39 is 11.8 Å². The first-order valence-electron chi connectivity index (χ1n) is 10.9. The van der Waals surface area contributed by atoms with Crippen LogP contribution in [0.25, 0.3) is 0 Å². The molecule has 3 aromatic carbocycles. The molecule has 188 valence electrons. The fraction of sp³-hybridized carbons (Fsp3) is 0.192. The summed E-state index contributed by atoms with van der Waals surface area (Å²) in [4.78, 5) is 24.1. The van der Waals surface area contributed by atoms with Crippen molar-refractivity contribution in [3.63, 3.8) is 0 Å². The van der Waals surface area contributed by atoms with Gasteiger partial charge in [0.1, 0.15) is 12.4 Å². The lowest BCUT2D eigenvalue weighted by Crippen LogP contribution is -2.38. The van der Waals surface area contributed by atoms with Crippen molar-refractivity contribution < 1.29 is 23.8 Å². The number of hydrazone groups is 1. The summed E-state index contributed by atoms with van der Waals surface area (Å²) in [6, 6.07) is 17.7. The number of methoxy groups -OCH3 is 2. The molecule has 0 aliphatic carbocycles. The fourth-order valence-electron chi connectivity index (χ4n) is 3.14. The molecule has 0 radical (unpaired) electrons. The van der Waals surface area contributed by atoms with Crippen LogP contribution >= 0.6 is 23.2 Å². The Balaban J connectivity index is 1.45. The zero-order valence-corrected chi connectivity index (χ0v) is 21.2. The van der Waals surface area contributed by atoms with E-state index in [0.29, 0.717) is 39.3 Å². The average molecular weight is 530 g/mol. The molecule has 0 aromatic heterocycles. The first-order valence-corrected chi connectivity index (χ1v) is 11.6. The summed E-state index contributed by atoms with van der Waals surface area (Å²) in [6.07, 6.45) is 1.92. The Bertz CT molecular complexity index is 1250. The minimum Gasteiger partial charge on any atom is -0.493 e. The lowest BCUT2D eigenvalue weighted by molar-refractivity contribution is -0.139. The van der Waals surface area contributed by atoms with Gasteiger partial charge < -0.3 is 19.5 Å². The first-order chi connectivity index (χ1) is 17.4. The Labute approximate surface area is 219 Å². The standard InChI is InChI=1S/C26H25Cl2N3O5/c1-34-23-9-6-17(13-24(23)35-2)10-11-29-25(32)26(33)31-30-15-18-4-3-5-21(12-18)36-16-19-7-8-20(27)14-22(19)28/h3-9,12-15H,10-11,16H2,1-2H3,(H,29,32)(H,31,33)/b30-15-. The number of hydrogen-bond acceptors (Lipinski definition) is 6. The van der Waals surface area contributed by atoms with Crippen LogP contribution < -0.4 is 25.0 Å². The minimum atomic E-state index is -0.872. The first kappa shape index (κ1) is 26.8. The maximum atomic E-state index is 12.0. The van der Waals surface area contributed by atoms with Crippen molar-refractivity contribution in [1.29, 1.82) is 0 Å². The normalized spacial score (nSPS) is 10.7. The van der Waals surface area contributed by atoms with Gasteiger partial charge in [0.2, 0.25) is 0 Å². The second-order valence-corrected chi connectivity index (χ2v) is 8.33. The summed E-state index contributed by atoms with van der Waals surface area (Å²) in [5.41, 5.74) is 4.60. The van der Waals surface area contributed by atoms with Gasteiger partial charge in [-0.3, -0.25) is 9.59 Å². The predicted molar refractivity (Wildman–Crippen MR) is 139 cm³/mol.